The van der Waals surface area contributed by atoms with Crippen LogP contribution in [0.5, 0.6) is 0 Å². The summed E-state index contributed by atoms with van der Waals surface area (Å²) in [7, 11) is 0. The van der Waals surface area contributed by atoms with Gasteiger partial charge in [0.05, 0.1) is 24.7 Å². The van der Waals surface area contributed by atoms with Crippen LogP contribution in [0.25, 0.3) is 10.4 Å². The van der Waals surface area contributed by atoms with Gasteiger partial charge < -0.3 is 15.0 Å². The first kappa shape index (κ1) is 21.8. The quantitative estimate of drug-likeness (QED) is 0.451. The number of rotatable bonds is 4. The molecule has 2 heterocycles. The summed E-state index contributed by atoms with van der Waals surface area (Å²) in [6, 6.07) is 12.6. The normalized spacial score (nSPS) is 24.8. The average molecular weight is 437 g/mol. The molecule has 0 bridgehead atoms. The molecule has 0 aromatic heterocycles. The number of carbonyl (C=O) groups is 2. The number of halogens is 1. The van der Waals surface area contributed by atoms with Crippen LogP contribution in [0, 0.1) is 5.82 Å². The van der Waals surface area contributed by atoms with Gasteiger partial charge in [0.2, 0.25) is 5.91 Å². The Kier molecular flexibility index (Phi) is 6.39. The van der Waals surface area contributed by atoms with Gasteiger partial charge in [0.1, 0.15) is 11.9 Å². The Bertz CT molecular complexity index is 1050. The Morgan fingerprint density at radius 2 is 1.97 bits per heavy atom. The van der Waals surface area contributed by atoms with Crippen molar-refractivity contribution in [2.24, 2.45) is 5.11 Å². The molecular formula is C23H24FN5O3. The second kappa shape index (κ2) is 9.38. The van der Waals surface area contributed by atoms with Gasteiger partial charge in [-0.1, -0.05) is 41.5 Å². The standard InChI is InChI=1S/C23H24FN5O3/c1-14(30)26-20-13-32-21(12-19(20)27-28-25)23(31)29-11-10-15-4-2-3-5-18(15)22(29)16-6-8-17(24)9-7-16/h2-9,19-22H,10-13H2,1H3,(H,26,30)/t19?,20-,21+,22-/m0/s1. The van der Waals surface area contributed by atoms with Gasteiger partial charge in [-0.2, -0.15) is 0 Å². The summed E-state index contributed by atoms with van der Waals surface area (Å²) in [6.07, 6.45) is 0.0617. The SMILES string of the molecule is CC(=O)N[C@H]1CO[C@@H](C(=O)N2CCc3ccccc3[C@@H]2c2ccc(F)cc2)CC1N=[N+]=[N-]. The molecule has 4 rings (SSSR count). The molecule has 4 atom stereocenters. The van der Waals surface area contributed by atoms with Crippen molar-refractivity contribution in [3.63, 3.8) is 0 Å². The lowest BCUT2D eigenvalue weighted by Crippen LogP contribution is -2.55. The van der Waals surface area contributed by atoms with E-state index >= 15 is 0 Å². The minimum Gasteiger partial charge on any atom is -0.366 e. The van der Waals surface area contributed by atoms with Crippen molar-refractivity contribution in [3.8, 4) is 0 Å². The predicted molar refractivity (Wildman–Crippen MR) is 115 cm³/mol. The number of carbonyl (C=O) groups excluding carboxylic acids is 2. The van der Waals surface area contributed by atoms with Crippen molar-refractivity contribution in [1.29, 1.82) is 0 Å². The van der Waals surface area contributed by atoms with Crippen LogP contribution in [0.1, 0.15) is 36.1 Å². The third-order valence-electron chi connectivity index (χ3n) is 6.01. The zero-order valence-corrected chi connectivity index (χ0v) is 17.6. The van der Waals surface area contributed by atoms with E-state index in [4.69, 9.17) is 10.3 Å². The van der Waals surface area contributed by atoms with Crippen LogP contribution in [0.2, 0.25) is 0 Å². The molecular weight excluding hydrogens is 413 g/mol. The molecule has 0 spiro atoms. The molecule has 2 amide bonds. The van der Waals surface area contributed by atoms with E-state index in [1.165, 1.54) is 19.1 Å². The molecule has 2 aromatic rings. The lowest BCUT2D eigenvalue weighted by atomic mass is 9.87. The number of benzene rings is 2. The number of nitrogens with one attached hydrogen (secondary N) is 1. The molecule has 1 unspecified atom stereocenters. The zero-order valence-electron chi connectivity index (χ0n) is 17.6. The van der Waals surface area contributed by atoms with E-state index in [1.807, 2.05) is 24.3 Å². The summed E-state index contributed by atoms with van der Waals surface area (Å²) in [5, 5.41) is 6.51. The van der Waals surface area contributed by atoms with E-state index in [0.29, 0.717) is 13.0 Å². The number of hydrogen-bond donors (Lipinski definition) is 1. The van der Waals surface area contributed by atoms with Crippen molar-refractivity contribution in [2.75, 3.05) is 13.2 Å². The first-order valence-corrected chi connectivity index (χ1v) is 10.5. The monoisotopic (exact) mass is 437 g/mol. The zero-order chi connectivity index (χ0) is 22.7. The molecule has 0 saturated carbocycles. The first-order valence-electron chi connectivity index (χ1n) is 10.5. The van der Waals surface area contributed by atoms with Crippen LogP contribution < -0.4 is 5.32 Å². The second-order valence-electron chi connectivity index (χ2n) is 8.07. The van der Waals surface area contributed by atoms with Gasteiger partial charge >= 0.3 is 0 Å². The van der Waals surface area contributed by atoms with Crippen molar-refractivity contribution in [2.45, 2.75) is 44.0 Å². The fourth-order valence-corrected chi connectivity index (χ4v) is 4.54. The maximum absolute atomic E-state index is 13.6. The fourth-order valence-electron chi connectivity index (χ4n) is 4.54. The van der Waals surface area contributed by atoms with Crippen LogP contribution >= 0.6 is 0 Å². The van der Waals surface area contributed by atoms with E-state index in [9.17, 15) is 14.0 Å². The molecule has 0 radical (unpaired) electrons. The molecule has 0 aliphatic carbocycles. The summed E-state index contributed by atoms with van der Waals surface area (Å²) in [6.45, 7) is 1.94. The highest BCUT2D eigenvalue weighted by atomic mass is 19.1. The summed E-state index contributed by atoms with van der Waals surface area (Å²) in [5.41, 5.74) is 11.9. The van der Waals surface area contributed by atoms with Crippen molar-refractivity contribution >= 4 is 11.8 Å². The van der Waals surface area contributed by atoms with Gasteiger partial charge in [0.15, 0.2) is 0 Å². The third kappa shape index (κ3) is 4.44. The highest BCUT2D eigenvalue weighted by molar-refractivity contribution is 5.82. The van der Waals surface area contributed by atoms with Gasteiger partial charge in [-0.15, -0.1) is 0 Å². The van der Waals surface area contributed by atoms with E-state index in [2.05, 4.69) is 15.3 Å². The third-order valence-corrected chi connectivity index (χ3v) is 6.01. The molecule has 32 heavy (non-hydrogen) atoms. The maximum atomic E-state index is 13.6. The molecule has 1 N–H and O–H groups in total. The predicted octanol–water partition coefficient (Wildman–Crippen LogP) is 3.27. The largest absolute Gasteiger partial charge is 0.366 e. The number of amides is 2. The summed E-state index contributed by atoms with van der Waals surface area (Å²) >= 11 is 0. The van der Waals surface area contributed by atoms with E-state index in [1.54, 1.807) is 17.0 Å². The first-order chi connectivity index (χ1) is 15.5. The molecule has 1 fully saturated rings. The number of fused-ring (bicyclic) bond motifs is 1. The van der Waals surface area contributed by atoms with E-state index < -0.39 is 18.2 Å². The minimum atomic E-state index is -0.802. The summed E-state index contributed by atoms with van der Waals surface area (Å²) in [5.74, 6) is -0.814. The molecule has 2 aliphatic heterocycles. The Morgan fingerprint density at radius 1 is 1.22 bits per heavy atom. The topological polar surface area (TPSA) is 107 Å². The highest BCUT2D eigenvalue weighted by Crippen LogP contribution is 2.36. The lowest BCUT2D eigenvalue weighted by molar-refractivity contribution is -0.150. The van der Waals surface area contributed by atoms with Crippen LogP contribution in [-0.4, -0.2) is 48.1 Å². The van der Waals surface area contributed by atoms with Crippen molar-refractivity contribution in [3.05, 3.63) is 81.5 Å². The Morgan fingerprint density at radius 3 is 2.69 bits per heavy atom. The Hall–Kier alpha value is -3.42. The Balaban J connectivity index is 1.62. The number of nitrogens with zero attached hydrogens (tertiary/aromatic N) is 4. The van der Waals surface area contributed by atoms with Gasteiger partial charge in [-0.25, -0.2) is 4.39 Å². The minimum absolute atomic E-state index is 0.0747. The van der Waals surface area contributed by atoms with Crippen LogP contribution in [0.3, 0.4) is 0 Å². The van der Waals surface area contributed by atoms with E-state index in [-0.39, 0.29) is 36.7 Å². The molecule has 166 valence electrons. The van der Waals surface area contributed by atoms with Gasteiger partial charge in [-0.3, -0.25) is 9.59 Å². The van der Waals surface area contributed by atoms with Gasteiger partial charge in [-0.05, 0) is 47.2 Å². The summed E-state index contributed by atoms with van der Waals surface area (Å²) < 4.78 is 19.4. The van der Waals surface area contributed by atoms with Gasteiger partial charge in [0.25, 0.3) is 5.91 Å². The molecule has 2 aromatic carbocycles. The fraction of sp³-hybridized carbons (Fsp3) is 0.391. The highest BCUT2D eigenvalue weighted by Gasteiger charge is 2.40. The summed E-state index contributed by atoms with van der Waals surface area (Å²) in [4.78, 5) is 29.7. The number of hydrogen-bond acceptors (Lipinski definition) is 4. The number of ether oxygens (including phenoxy) is 1. The van der Waals surface area contributed by atoms with Gasteiger partial charge in [0, 0.05) is 18.4 Å². The Labute approximate surface area is 185 Å². The smallest absolute Gasteiger partial charge is 0.252 e. The second-order valence-corrected chi connectivity index (χ2v) is 8.07. The van der Waals surface area contributed by atoms with Crippen LogP contribution in [0.4, 0.5) is 4.39 Å². The van der Waals surface area contributed by atoms with Crippen LogP contribution in [0.15, 0.2) is 53.6 Å². The lowest BCUT2D eigenvalue weighted by Gasteiger charge is -2.41. The maximum Gasteiger partial charge on any atom is 0.252 e. The molecule has 9 heteroatoms. The molecule has 8 nitrogen and oxygen atoms in total. The van der Waals surface area contributed by atoms with E-state index in [0.717, 1.165) is 16.7 Å². The number of azide groups is 1. The average Bonchev–Trinajstić information content (AvgIpc) is 2.79. The van der Waals surface area contributed by atoms with Crippen LogP contribution in [-0.2, 0) is 20.7 Å². The van der Waals surface area contributed by atoms with Crippen molar-refractivity contribution in [1.82, 2.24) is 10.2 Å². The molecule has 2 aliphatic rings. The van der Waals surface area contributed by atoms with Crippen molar-refractivity contribution < 1.29 is 18.7 Å². The molecule has 1 saturated heterocycles.